The predicted octanol–water partition coefficient (Wildman–Crippen LogP) is 4.73. The Labute approximate surface area is 166 Å². The molecule has 0 unspecified atom stereocenters. The molecule has 1 aromatic carbocycles. The fraction of sp³-hybridized carbons (Fsp3) is 0.500. The topological polar surface area (TPSA) is 35.6 Å². The highest BCUT2D eigenvalue weighted by molar-refractivity contribution is 7.09. The summed E-state index contributed by atoms with van der Waals surface area (Å²) in [7, 11) is 0. The Balaban J connectivity index is 1.31. The summed E-state index contributed by atoms with van der Waals surface area (Å²) in [4.78, 5) is 18.7. The van der Waals surface area contributed by atoms with Crippen molar-refractivity contribution in [3.8, 4) is 0 Å². The van der Waals surface area contributed by atoms with Crippen LogP contribution in [-0.2, 0) is 11.3 Å². The third-order valence-corrected chi connectivity index (χ3v) is 6.33. The number of hydrogen-bond acceptors (Lipinski definition) is 4. The van der Waals surface area contributed by atoms with Crippen molar-refractivity contribution in [1.82, 2.24) is 4.90 Å². The number of nitrogens with one attached hydrogen (secondary N) is 1. The maximum absolute atomic E-state index is 12.6. The summed E-state index contributed by atoms with van der Waals surface area (Å²) in [6.07, 6.45) is 7.66. The third kappa shape index (κ3) is 5.33. The van der Waals surface area contributed by atoms with Crippen LogP contribution in [0.4, 0.5) is 11.4 Å². The largest absolute Gasteiger partial charge is 0.372 e. The molecule has 0 atom stereocenters. The molecule has 2 heterocycles. The van der Waals surface area contributed by atoms with Gasteiger partial charge in [-0.05, 0) is 61.4 Å². The molecule has 27 heavy (non-hydrogen) atoms. The number of carbonyl (C=O) groups excluding carboxylic acids is 1. The quantitative estimate of drug-likeness (QED) is 0.751. The highest BCUT2D eigenvalue weighted by Gasteiger charge is 2.30. The molecule has 1 amide bonds. The summed E-state index contributed by atoms with van der Waals surface area (Å²) in [5.41, 5.74) is 2.16. The number of nitrogens with zero attached hydrogens (tertiary/aromatic N) is 2. The minimum Gasteiger partial charge on any atom is -0.372 e. The van der Waals surface area contributed by atoms with Crippen molar-refractivity contribution < 1.29 is 4.79 Å². The zero-order chi connectivity index (χ0) is 18.5. The molecule has 0 bridgehead atoms. The number of benzene rings is 1. The Bertz CT molecular complexity index is 717. The van der Waals surface area contributed by atoms with Gasteiger partial charge in [0.25, 0.3) is 0 Å². The molecule has 0 radical (unpaired) electrons. The molecular formula is C22H29N3OS. The van der Waals surface area contributed by atoms with Gasteiger partial charge in [-0.2, -0.15) is 0 Å². The lowest BCUT2D eigenvalue weighted by atomic mass is 10.2. The Kier molecular flexibility index (Phi) is 6.10. The predicted molar refractivity (Wildman–Crippen MR) is 114 cm³/mol. The fourth-order valence-electron chi connectivity index (χ4n) is 3.83. The molecule has 4 nitrogen and oxygen atoms in total. The Morgan fingerprint density at radius 1 is 1.07 bits per heavy atom. The Morgan fingerprint density at radius 3 is 2.44 bits per heavy atom. The van der Waals surface area contributed by atoms with Gasteiger partial charge < -0.3 is 10.2 Å². The first-order valence-electron chi connectivity index (χ1n) is 10.2. The summed E-state index contributed by atoms with van der Waals surface area (Å²) in [6, 6.07) is 13.2. The van der Waals surface area contributed by atoms with Crippen LogP contribution in [0.2, 0.25) is 0 Å². The van der Waals surface area contributed by atoms with E-state index in [4.69, 9.17) is 0 Å². The molecule has 1 saturated carbocycles. The van der Waals surface area contributed by atoms with E-state index in [2.05, 4.69) is 44.8 Å². The maximum atomic E-state index is 12.6. The van der Waals surface area contributed by atoms with E-state index in [0.29, 0.717) is 12.6 Å². The smallest absolute Gasteiger partial charge is 0.238 e. The summed E-state index contributed by atoms with van der Waals surface area (Å²) >= 11 is 1.77. The Hall–Kier alpha value is -1.85. The zero-order valence-corrected chi connectivity index (χ0v) is 16.7. The SMILES string of the molecule is O=C(CN(Cc1cccs1)C1CC1)Nc1ccc(N2CCCCCC2)cc1. The van der Waals surface area contributed by atoms with Gasteiger partial charge in [0.15, 0.2) is 0 Å². The molecule has 1 aliphatic heterocycles. The van der Waals surface area contributed by atoms with E-state index >= 15 is 0 Å². The molecule has 4 rings (SSSR count). The first-order valence-corrected chi connectivity index (χ1v) is 11.1. The highest BCUT2D eigenvalue weighted by atomic mass is 32.1. The normalized spacial score (nSPS) is 17.7. The molecule has 1 aliphatic carbocycles. The van der Waals surface area contributed by atoms with Gasteiger partial charge in [-0.1, -0.05) is 18.9 Å². The summed E-state index contributed by atoms with van der Waals surface area (Å²) < 4.78 is 0. The number of rotatable bonds is 7. The second-order valence-electron chi connectivity index (χ2n) is 7.71. The molecule has 2 aliphatic rings. The number of hydrogen-bond donors (Lipinski definition) is 1. The summed E-state index contributed by atoms with van der Waals surface area (Å²) in [5.74, 6) is 0.0842. The number of anilines is 2. The van der Waals surface area contributed by atoms with Crippen LogP contribution in [0.25, 0.3) is 0 Å². The lowest BCUT2D eigenvalue weighted by Crippen LogP contribution is -2.34. The molecule has 1 saturated heterocycles. The van der Waals surface area contributed by atoms with Gasteiger partial charge in [-0.25, -0.2) is 0 Å². The fourth-order valence-corrected chi connectivity index (χ4v) is 4.56. The van der Waals surface area contributed by atoms with Crippen molar-refractivity contribution >= 4 is 28.6 Å². The van der Waals surface area contributed by atoms with E-state index in [9.17, 15) is 4.79 Å². The van der Waals surface area contributed by atoms with Crippen LogP contribution in [0.5, 0.6) is 0 Å². The second kappa shape index (κ2) is 8.89. The van der Waals surface area contributed by atoms with Crippen molar-refractivity contribution in [2.75, 3.05) is 29.9 Å². The average Bonchev–Trinajstić information content (AvgIpc) is 3.45. The van der Waals surface area contributed by atoms with Crippen LogP contribution < -0.4 is 10.2 Å². The molecule has 0 spiro atoms. The van der Waals surface area contributed by atoms with Gasteiger partial charge in [0.1, 0.15) is 0 Å². The first-order chi connectivity index (χ1) is 13.3. The van der Waals surface area contributed by atoms with Gasteiger partial charge in [-0.3, -0.25) is 9.69 Å². The van der Waals surface area contributed by atoms with Crippen molar-refractivity contribution in [1.29, 1.82) is 0 Å². The molecule has 5 heteroatoms. The number of carbonyl (C=O) groups is 1. The minimum absolute atomic E-state index is 0.0842. The second-order valence-corrected chi connectivity index (χ2v) is 8.74. The lowest BCUT2D eigenvalue weighted by Gasteiger charge is -2.23. The minimum atomic E-state index is 0.0842. The molecule has 144 valence electrons. The summed E-state index contributed by atoms with van der Waals surface area (Å²) in [5, 5.41) is 5.18. The molecular weight excluding hydrogens is 354 g/mol. The van der Waals surface area contributed by atoms with Crippen LogP contribution in [0.3, 0.4) is 0 Å². The van der Waals surface area contributed by atoms with Gasteiger partial charge in [0.2, 0.25) is 5.91 Å². The lowest BCUT2D eigenvalue weighted by molar-refractivity contribution is -0.117. The monoisotopic (exact) mass is 383 g/mol. The zero-order valence-electron chi connectivity index (χ0n) is 15.9. The molecule has 1 aromatic heterocycles. The maximum Gasteiger partial charge on any atom is 0.238 e. The molecule has 2 aromatic rings. The highest BCUT2D eigenvalue weighted by Crippen LogP contribution is 2.29. The van der Waals surface area contributed by atoms with Crippen LogP contribution in [-0.4, -0.2) is 36.5 Å². The van der Waals surface area contributed by atoms with E-state index < -0.39 is 0 Å². The van der Waals surface area contributed by atoms with Crippen LogP contribution in [0.1, 0.15) is 43.4 Å². The van der Waals surface area contributed by atoms with E-state index in [1.165, 1.54) is 49.1 Å². The van der Waals surface area contributed by atoms with E-state index in [1.54, 1.807) is 11.3 Å². The standard InChI is InChI=1S/C22H29N3OS/c26-22(17-25(20-11-12-20)16-21-6-5-15-27-21)23-18-7-9-19(10-8-18)24-13-3-1-2-4-14-24/h5-10,15,20H,1-4,11-14,16-17H2,(H,23,26). The van der Waals surface area contributed by atoms with Crippen molar-refractivity contribution in [2.45, 2.75) is 51.1 Å². The first kappa shape index (κ1) is 18.5. The van der Waals surface area contributed by atoms with Crippen LogP contribution in [0.15, 0.2) is 41.8 Å². The molecule has 2 fully saturated rings. The van der Waals surface area contributed by atoms with E-state index in [0.717, 1.165) is 25.3 Å². The number of thiophene rings is 1. The van der Waals surface area contributed by atoms with Crippen LogP contribution in [0, 0.1) is 0 Å². The molecule has 1 N–H and O–H groups in total. The van der Waals surface area contributed by atoms with Gasteiger partial charge in [-0.15, -0.1) is 11.3 Å². The van der Waals surface area contributed by atoms with E-state index in [1.807, 2.05) is 12.1 Å². The van der Waals surface area contributed by atoms with Crippen molar-refractivity contribution in [2.24, 2.45) is 0 Å². The van der Waals surface area contributed by atoms with Crippen LogP contribution >= 0.6 is 11.3 Å². The van der Waals surface area contributed by atoms with Crippen molar-refractivity contribution in [3.05, 3.63) is 46.7 Å². The van der Waals surface area contributed by atoms with Crippen molar-refractivity contribution in [3.63, 3.8) is 0 Å². The third-order valence-electron chi connectivity index (χ3n) is 5.47. The summed E-state index contributed by atoms with van der Waals surface area (Å²) in [6.45, 7) is 3.63. The van der Waals surface area contributed by atoms with Gasteiger partial charge >= 0.3 is 0 Å². The number of amides is 1. The Morgan fingerprint density at radius 2 is 1.81 bits per heavy atom. The average molecular weight is 384 g/mol. The van der Waals surface area contributed by atoms with Gasteiger partial charge in [0.05, 0.1) is 6.54 Å². The van der Waals surface area contributed by atoms with Gasteiger partial charge in [0, 0.05) is 41.9 Å². The van der Waals surface area contributed by atoms with E-state index in [-0.39, 0.29) is 5.91 Å².